The second-order valence-electron chi connectivity index (χ2n) is 6.00. The molecule has 0 saturated heterocycles. The molecule has 4 nitrogen and oxygen atoms in total. The molecule has 0 spiro atoms. The number of benzene rings is 2. The molecule has 1 atom stereocenters. The van der Waals surface area contributed by atoms with Gasteiger partial charge in [0.25, 0.3) is 0 Å². The number of aliphatic hydroxyl groups excluding tert-OH is 1. The predicted molar refractivity (Wildman–Crippen MR) is 102 cm³/mol. The number of imidazole rings is 1. The molecule has 3 rings (SSSR count). The zero-order valence-electron chi connectivity index (χ0n) is 14.4. The molecule has 25 heavy (non-hydrogen) atoms. The van der Waals surface area contributed by atoms with Crippen molar-refractivity contribution in [1.29, 1.82) is 5.26 Å². The molecule has 0 fully saturated rings. The fraction of sp³-hybridized carbons (Fsp3) is 0.200. The number of nitrogens with one attached hydrogen (secondary N) is 1. The molecule has 0 saturated carbocycles. The molecule has 0 unspecified atom stereocenters. The fourth-order valence-corrected chi connectivity index (χ4v) is 3.69. The Bertz CT molecular complexity index is 965. The van der Waals surface area contributed by atoms with E-state index in [1.165, 1.54) is 17.3 Å². The minimum absolute atomic E-state index is 0.0338. The van der Waals surface area contributed by atoms with Crippen LogP contribution in [0.5, 0.6) is 0 Å². The zero-order chi connectivity index (χ0) is 18.0. The summed E-state index contributed by atoms with van der Waals surface area (Å²) in [6, 6.07) is 15.9. The Kier molecular flexibility index (Phi) is 4.82. The number of aromatic amines is 1. The highest BCUT2D eigenvalue weighted by Gasteiger charge is 2.19. The van der Waals surface area contributed by atoms with Crippen LogP contribution in [0.2, 0.25) is 0 Å². The van der Waals surface area contributed by atoms with Crippen LogP contribution >= 0.6 is 11.8 Å². The lowest BCUT2D eigenvalue weighted by molar-refractivity contribution is 0.402. The molecule has 0 aliphatic carbocycles. The topological polar surface area (TPSA) is 72.7 Å². The van der Waals surface area contributed by atoms with Gasteiger partial charge in [-0.25, -0.2) is 4.98 Å². The van der Waals surface area contributed by atoms with Crippen LogP contribution in [-0.2, 0) is 0 Å². The van der Waals surface area contributed by atoms with Gasteiger partial charge in [-0.1, -0.05) is 29.8 Å². The van der Waals surface area contributed by atoms with Crippen molar-refractivity contribution in [3.05, 3.63) is 65.2 Å². The number of hydrogen-bond acceptors (Lipinski definition) is 4. The molecule has 0 radical (unpaired) electrons. The van der Waals surface area contributed by atoms with Crippen molar-refractivity contribution >= 4 is 28.4 Å². The number of allylic oxidation sites excluding steroid dienone is 1. The first-order chi connectivity index (χ1) is 12.0. The van der Waals surface area contributed by atoms with Gasteiger partial charge in [-0.15, -0.1) is 11.8 Å². The summed E-state index contributed by atoms with van der Waals surface area (Å²) in [7, 11) is 0. The first-order valence-electron chi connectivity index (χ1n) is 8.02. The molecule has 0 bridgehead atoms. The van der Waals surface area contributed by atoms with Gasteiger partial charge in [-0.3, -0.25) is 0 Å². The van der Waals surface area contributed by atoms with Crippen LogP contribution in [0.4, 0.5) is 0 Å². The quantitative estimate of drug-likeness (QED) is 0.388. The molecule has 0 aliphatic rings. The number of aromatic nitrogens is 2. The van der Waals surface area contributed by atoms with Crippen LogP contribution in [0, 0.1) is 25.2 Å². The van der Waals surface area contributed by atoms with Crippen LogP contribution in [0.1, 0.15) is 23.9 Å². The van der Waals surface area contributed by atoms with E-state index in [1.54, 1.807) is 0 Å². The molecule has 0 amide bonds. The van der Waals surface area contributed by atoms with E-state index in [0.29, 0.717) is 5.82 Å². The molecule has 3 aromatic rings. The van der Waals surface area contributed by atoms with E-state index in [1.807, 2.05) is 50.2 Å². The van der Waals surface area contributed by atoms with E-state index in [2.05, 4.69) is 29.0 Å². The molecule has 1 heterocycles. The maximum absolute atomic E-state index is 10.6. The summed E-state index contributed by atoms with van der Waals surface area (Å²) in [6.45, 7) is 5.99. The monoisotopic (exact) mass is 349 g/mol. The maximum Gasteiger partial charge on any atom is 0.152 e. The third-order valence-electron chi connectivity index (χ3n) is 4.01. The predicted octanol–water partition coefficient (Wildman–Crippen LogP) is 5.15. The first kappa shape index (κ1) is 17.1. The summed E-state index contributed by atoms with van der Waals surface area (Å²) in [5.41, 5.74) is 4.16. The molecule has 5 heteroatoms. The van der Waals surface area contributed by atoms with Gasteiger partial charge in [0.1, 0.15) is 17.4 Å². The molecule has 0 aliphatic heterocycles. The van der Waals surface area contributed by atoms with Crippen molar-refractivity contribution in [3.8, 4) is 6.07 Å². The van der Waals surface area contributed by atoms with Gasteiger partial charge in [-0.05, 0) is 44.5 Å². The number of nitrogens with zero attached hydrogens (tertiary/aromatic N) is 2. The molecule has 2 aromatic carbocycles. The lowest BCUT2D eigenvalue weighted by Gasteiger charge is -2.14. The second-order valence-corrected chi connectivity index (χ2v) is 7.39. The van der Waals surface area contributed by atoms with Gasteiger partial charge in [0, 0.05) is 4.90 Å². The van der Waals surface area contributed by atoms with Crippen molar-refractivity contribution in [2.45, 2.75) is 30.9 Å². The van der Waals surface area contributed by atoms with Crippen LogP contribution in [0.25, 0.3) is 16.6 Å². The number of thioether (sulfide) groups is 1. The third-order valence-corrected chi connectivity index (χ3v) is 5.30. The Morgan fingerprint density at radius 1 is 1.24 bits per heavy atom. The van der Waals surface area contributed by atoms with E-state index in [4.69, 9.17) is 0 Å². The highest BCUT2D eigenvalue weighted by molar-refractivity contribution is 8.00. The first-order valence-corrected chi connectivity index (χ1v) is 8.90. The smallest absolute Gasteiger partial charge is 0.152 e. The Balaban J connectivity index is 1.93. The number of aliphatic hydroxyl groups is 1. The van der Waals surface area contributed by atoms with Crippen LogP contribution in [-0.4, -0.2) is 20.3 Å². The standard InChI is InChI=1S/C20H19N3OS/c1-12-8-9-18(13(2)10-12)25-14(3)19(24)15(11-21)20-22-16-6-4-5-7-17(16)23-20/h4-10,14,24H,1-3H3,(H,22,23)/b19-15-/t14-/m1/s1. The van der Waals surface area contributed by atoms with Gasteiger partial charge in [0.2, 0.25) is 0 Å². The van der Waals surface area contributed by atoms with Gasteiger partial charge in [0.15, 0.2) is 5.82 Å². The summed E-state index contributed by atoms with van der Waals surface area (Å²) in [5, 5.41) is 19.9. The van der Waals surface area contributed by atoms with Crippen LogP contribution in [0.15, 0.2) is 53.1 Å². The van der Waals surface area contributed by atoms with E-state index >= 15 is 0 Å². The molecule has 1 aromatic heterocycles. The van der Waals surface area contributed by atoms with Crippen LogP contribution < -0.4 is 0 Å². The number of H-pyrrole nitrogens is 1. The van der Waals surface area contributed by atoms with Crippen molar-refractivity contribution in [2.24, 2.45) is 0 Å². The molecule has 126 valence electrons. The Morgan fingerprint density at radius 3 is 2.68 bits per heavy atom. The Hall–Kier alpha value is -2.71. The minimum Gasteiger partial charge on any atom is -0.510 e. The highest BCUT2D eigenvalue weighted by Crippen LogP contribution is 2.32. The normalized spacial score (nSPS) is 13.4. The van der Waals surface area contributed by atoms with E-state index in [0.717, 1.165) is 21.5 Å². The van der Waals surface area contributed by atoms with Gasteiger partial charge in [-0.2, -0.15) is 5.26 Å². The molecular weight excluding hydrogens is 330 g/mol. The van der Waals surface area contributed by atoms with Crippen molar-refractivity contribution in [1.82, 2.24) is 9.97 Å². The fourth-order valence-electron chi connectivity index (χ4n) is 2.68. The average molecular weight is 349 g/mol. The number of para-hydroxylation sites is 2. The number of aryl methyl sites for hydroxylation is 2. The molecular formula is C20H19N3OS. The largest absolute Gasteiger partial charge is 0.510 e. The lowest BCUT2D eigenvalue weighted by Crippen LogP contribution is -2.05. The summed E-state index contributed by atoms with van der Waals surface area (Å²) >= 11 is 1.53. The number of nitriles is 1. The second kappa shape index (κ2) is 7.04. The highest BCUT2D eigenvalue weighted by atomic mass is 32.2. The number of hydrogen-bond donors (Lipinski definition) is 2. The summed E-state index contributed by atoms with van der Waals surface area (Å²) in [4.78, 5) is 8.61. The van der Waals surface area contributed by atoms with Crippen molar-refractivity contribution in [2.75, 3.05) is 0 Å². The summed E-state index contributed by atoms with van der Waals surface area (Å²) in [6.07, 6.45) is 0. The summed E-state index contributed by atoms with van der Waals surface area (Å²) < 4.78 is 0. The Labute approximate surface area is 151 Å². The number of rotatable bonds is 4. The SMILES string of the molecule is Cc1ccc(S[C@H](C)/C(O)=C(\C#N)c2nc3ccccc3[nH]2)c(C)c1. The average Bonchev–Trinajstić information content (AvgIpc) is 3.01. The van der Waals surface area contributed by atoms with Gasteiger partial charge >= 0.3 is 0 Å². The van der Waals surface area contributed by atoms with E-state index in [-0.39, 0.29) is 16.6 Å². The van der Waals surface area contributed by atoms with Crippen LogP contribution in [0.3, 0.4) is 0 Å². The van der Waals surface area contributed by atoms with Gasteiger partial charge in [0.05, 0.1) is 16.3 Å². The van der Waals surface area contributed by atoms with Gasteiger partial charge < -0.3 is 10.1 Å². The Morgan fingerprint density at radius 2 is 2.00 bits per heavy atom. The third kappa shape index (κ3) is 3.54. The minimum atomic E-state index is -0.260. The maximum atomic E-state index is 10.6. The molecule has 2 N–H and O–H groups in total. The lowest BCUT2D eigenvalue weighted by atomic mass is 10.2. The zero-order valence-corrected chi connectivity index (χ0v) is 15.2. The van der Waals surface area contributed by atoms with Crippen molar-refractivity contribution < 1.29 is 5.11 Å². The van der Waals surface area contributed by atoms with Crippen molar-refractivity contribution in [3.63, 3.8) is 0 Å². The van der Waals surface area contributed by atoms with E-state index in [9.17, 15) is 10.4 Å². The van der Waals surface area contributed by atoms with E-state index < -0.39 is 0 Å². The number of fused-ring (bicyclic) bond motifs is 1. The summed E-state index contributed by atoms with van der Waals surface area (Å²) in [5.74, 6) is 0.431.